The molecule has 7 N–H and O–H groups in total. The minimum atomic E-state index is -4.94. The largest absolute Gasteiger partial charge is 0.412 e. The third-order valence-electron chi connectivity index (χ3n) is 2.78. The van der Waals surface area contributed by atoms with E-state index in [1.54, 1.807) is 0 Å². The van der Waals surface area contributed by atoms with E-state index in [-0.39, 0.29) is 5.48 Å². The Balaban J connectivity index is 0. The van der Waals surface area contributed by atoms with Crippen LogP contribution in [0.25, 0.3) is 0 Å². The molecule has 0 aromatic carbocycles. The van der Waals surface area contributed by atoms with Crippen LogP contribution in [0.15, 0.2) is 0 Å². The van der Waals surface area contributed by atoms with Gasteiger partial charge in [-0.3, -0.25) is 0 Å². The Hall–Kier alpha value is -0.0700. The van der Waals surface area contributed by atoms with E-state index < -0.39 is 10.2 Å². The second-order valence-electron chi connectivity index (χ2n) is 5.50. The SMILES string of the molecule is CC1(C)CNCCNCCNCC[NH2+]C1.O.[O-][Cl+3]([O-])([O-])[O-]. The van der Waals surface area contributed by atoms with Gasteiger partial charge >= 0.3 is 0 Å². The zero-order valence-corrected chi connectivity index (χ0v) is 13.5. The normalized spacial score (nSPS) is 21.4. The van der Waals surface area contributed by atoms with Gasteiger partial charge in [0.2, 0.25) is 0 Å². The highest BCUT2D eigenvalue weighted by atomic mass is 35.7. The van der Waals surface area contributed by atoms with Crippen LogP contribution in [0.4, 0.5) is 0 Å². The molecule has 0 saturated carbocycles. The minimum absolute atomic E-state index is 0. The van der Waals surface area contributed by atoms with Crippen LogP contribution in [0.1, 0.15) is 13.8 Å². The molecule has 0 radical (unpaired) electrons. The maximum absolute atomic E-state index is 8.49. The van der Waals surface area contributed by atoms with Crippen molar-refractivity contribution in [3.8, 4) is 0 Å². The number of hydrogen-bond donors (Lipinski definition) is 4. The average Bonchev–Trinajstić information content (AvgIpc) is 2.29. The van der Waals surface area contributed by atoms with E-state index in [2.05, 4.69) is 35.1 Å². The Kier molecular flexibility index (Phi) is 13.8. The highest BCUT2D eigenvalue weighted by Crippen LogP contribution is 2.08. The molecule has 0 aromatic heterocycles. The summed E-state index contributed by atoms with van der Waals surface area (Å²) < 4.78 is 34.0. The van der Waals surface area contributed by atoms with Gasteiger partial charge in [-0.05, 0) is 0 Å². The molecule has 0 atom stereocenters. The van der Waals surface area contributed by atoms with E-state index in [1.807, 2.05) is 0 Å². The second-order valence-corrected chi connectivity index (χ2v) is 6.26. The standard InChI is InChI=1S/C11H26N4.ClHO4.H2O/c1-11(2)9-14-7-5-12-3-4-13-6-8-15-10-11;2-1(3,4)5;/h12-15H,3-10H2,1-2H3;(H,2,3,4,5);1H2. The van der Waals surface area contributed by atoms with E-state index in [4.69, 9.17) is 18.6 Å². The Morgan fingerprint density at radius 2 is 1.29 bits per heavy atom. The fourth-order valence-electron chi connectivity index (χ4n) is 1.80. The van der Waals surface area contributed by atoms with Crippen LogP contribution < -0.4 is 39.9 Å². The topological polar surface area (TPSA) is 176 Å². The smallest absolute Gasteiger partial charge is 0.0882 e. The summed E-state index contributed by atoms with van der Waals surface area (Å²) >= 11 is 0. The van der Waals surface area contributed by atoms with Gasteiger partial charge in [0.15, 0.2) is 0 Å². The van der Waals surface area contributed by atoms with Crippen molar-refractivity contribution >= 4 is 0 Å². The molecule has 1 heterocycles. The Morgan fingerprint density at radius 1 is 0.857 bits per heavy atom. The molecule has 0 aromatic rings. The lowest BCUT2D eigenvalue weighted by Gasteiger charge is -2.23. The van der Waals surface area contributed by atoms with Crippen LogP contribution in [0, 0.1) is 15.7 Å². The Morgan fingerprint density at radius 3 is 1.81 bits per heavy atom. The summed E-state index contributed by atoms with van der Waals surface area (Å²) in [6.07, 6.45) is 0. The van der Waals surface area contributed by atoms with Gasteiger partial charge in [0.05, 0.1) is 13.1 Å². The van der Waals surface area contributed by atoms with E-state index >= 15 is 0 Å². The summed E-state index contributed by atoms with van der Waals surface area (Å²) in [6, 6.07) is 0. The Bertz CT molecular complexity index is 219. The number of quaternary nitrogens is 1. The highest BCUT2D eigenvalue weighted by molar-refractivity contribution is 4.70. The molecule has 1 aliphatic heterocycles. The van der Waals surface area contributed by atoms with E-state index in [9.17, 15) is 0 Å². The predicted octanol–water partition coefficient (Wildman–Crippen LogP) is -7.22. The lowest BCUT2D eigenvalue weighted by atomic mass is 9.93. The summed E-state index contributed by atoms with van der Waals surface area (Å²) in [5.74, 6) is 0. The third-order valence-corrected chi connectivity index (χ3v) is 2.78. The zero-order chi connectivity index (χ0) is 15.5. The van der Waals surface area contributed by atoms with Crippen LogP contribution in [0.2, 0.25) is 0 Å². The molecule has 0 spiro atoms. The molecule has 10 heteroatoms. The monoisotopic (exact) mass is 332 g/mol. The summed E-state index contributed by atoms with van der Waals surface area (Å²) in [5.41, 5.74) is 0.397. The maximum atomic E-state index is 8.49. The molecule has 1 saturated heterocycles. The lowest BCUT2D eigenvalue weighted by molar-refractivity contribution is -2.00. The lowest BCUT2D eigenvalue weighted by Crippen LogP contribution is -2.88. The maximum Gasteiger partial charge on any atom is 0.0882 e. The van der Waals surface area contributed by atoms with Crippen LogP contribution in [0.5, 0.6) is 0 Å². The van der Waals surface area contributed by atoms with Gasteiger partial charge < -0.3 is 26.7 Å². The first-order chi connectivity index (χ1) is 9.21. The fraction of sp³-hybridized carbons (Fsp3) is 1.00. The van der Waals surface area contributed by atoms with Gasteiger partial charge in [-0.2, -0.15) is 0 Å². The Labute approximate surface area is 128 Å². The summed E-state index contributed by atoms with van der Waals surface area (Å²) in [7, 11) is -4.94. The number of rotatable bonds is 0. The van der Waals surface area contributed by atoms with Crippen LogP contribution in [0.3, 0.4) is 0 Å². The van der Waals surface area contributed by atoms with Crippen molar-refractivity contribution in [2.45, 2.75) is 13.8 Å². The predicted molar refractivity (Wildman–Crippen MR) is 67.7 cm³/mol. The van der Waals surface area contributed by atoms with Gasteiger partial charge in [0, 0.05) is 44.7 Å². The van der Waals surface area contributed by atoms with Crippen molar-refractivity contribution in [1.82, 2.24) is 16.0 Å². The first-order valence-electron chi connectivity index (χ1n) is 6.76. The molecular formula is C11H29ClN4O5. The molecule has 0 bridgehead atoms. The van der Waals surface area contributed by atoms with E-state index in [0.29, 0.717) is 5.41 Å². The van der Waals surface area contributed by atoms with Crippen molar-refractivity contribution in [3.63, 3.8) is 0 Å². The summed E-state index contributed by atoms with van der Waals surface area (Å²) in [5, 5.41) is 12.8. The number of hydrogen-bond acceptors (Lipinski definition) is 7. The first kappa shape index (κ1) is 23.2. The van der Waals surface area contributed by atoms with Crippen molar-refractivity contribution in [2.24, 2.45) is 5.41 Å². The molecule has 0 amide bonds. The fourth-order valence-corrected chi connectivity index (χ4v) is 1.80. The van der Waals surface area contributed by atoms with Gasteiger partial charge in [0.1, 0.15) is 0 Å². The molecule has 1 rings (SSSR count). The van der Waals surface area contributed by atoms with Gasteiger partial charge in [0.25, 0.3) is 0 Å². The third kappa shape index (κ3) is 22.4. The number of halogens is 1. The molecule has 0 unspecified atom stereocenters. The molecule has 9 nitrogen and oxygen atoms in total. The number of nitrogens with one attached hydrogen (secondary N) is 3. The van der Waals surface area contributed by atoms with Crippen LogP contribution in [-0.4, -0.2) is 57.8 Å². The van der Waals surface area contributed by atoms with E-state index in [1.165, 1.54) is 13.1 Å². The molecule has 130 valence electrons. The van der Waals surface area contributed by atoms with Crippen molar-refractivity contribution in [1.29, 1.82) is 0 Å². The van der Waals surface area contributed by atoms with Gasteiger partial charge in [-0.1, -0.05) is 13.8 Å². The second kappa shape index (κ2) is 12.5. The molecule has 1 aliphatic rings. The van der Waals surface area contributed by atoms with Crippen LogP contribution >= 0.6 is 0 Å². The molecule has 1 fully saturated rings. The molecule has 0 aliphatic carbocycles. The van der Waals surface area contributed by atoms with Gasteiger partial charge in [-0.15, -0.1) is 10.2 Å². The van der Waals surface area contributed by atoms with Gasteiger partial charge in [-0.25, -0.2) is 18.6 Å². The molecular weight excluding hydrogens is 304 g/mol. The molecule has 21 heavy (non-hydrogen) atoms. The van der Waals surface area contributed by atoms with Crippen molar-refractivity contribution in [2.75, 3.05) is 52.4 Å². The van der Waals surface area contributed by atoms with E-state index in [0.717, 1.165) is 39.3 Å². The van der Waals surface area contributed by atoms with Crippen LogP contribution in [-0.2, 0) is 0 Å². The van der Waals surface area contributed by atoms with Crippen molar-refractivity contribution in [3.05, 3.63) is 0 Å². The first-order valence-corrected chi connectivity index (χ1v) is 8.00. The van der Waals surface area contributed by atoms with Crippen molar-refractivity contribution < 1.29 is 39.7 Å². The zero-order valence-electron chi connectivity index (χ0n) is 12.7. The average molecular weight is 333 g/mol. The minimum Gasteiger partial charge on any atom is -0.412 e. The summed E-state index contributed by atoms with van der Waals surface area (Å²) in [6.45, 7) is 13.6. The highest BCUT2D eigenvalue weighted by Gasteiger charge is 2.19. The summed E-state index contributed by atoms with van der Waals surface area (Å²) in [4.78, 5) is 0. The number of nitrogens with two attached hydrogens (primary N) is 1. The quantitative estimate of drug-likeness (QED) is 0.340.